The van der Waals surface area contributed by atoms with Crippen molar-refractivity contribution < 1.29 is 14.3 Å². The van der Waals surface area contributed by atoms with Crippen molar-refractivity contribution in [3.63, 3.8) is 0 Å². The van der Waals surface area contributed by atoms with E-state index in [0.717, 1.165) is 42.3 Å². The number of anilines is 1. The van der Waals surface area contributed by atoms with Crippen LogP contribution in [0.1, 0.15) is 61.8 Å². The van der Waals surface area contributed by atoms with E-state index in [4.69, 9.17) is 4.74 Å². The molecule has 0 saturated heterocycles. The number of rotatable bonds is 5. The molecule has 0 spiro atoms. The summed E-state index contributed by atoms with van der Waals surface area (Å²) in [7, 11) is 1.61. The standard InChI is InChI=1S/C27H33N3O3S/c1-5-21-14-22-24(34-21)15-23-25(31)30(19-7-6-8-20(13-19)33-4)27(3,16-29(22)23)26(32)28-18-11-9-17(2)10-12-18/h6-8,13-15,17-18H,5,9-12,16H2,1-4H3,(H,28,32)/t17?,18?,27-/m1/s1. The largest absolute Gasteiger partial charge is 0.497 e. The molecule has 0 radical (unpaired) electrons. The fourth-order valence-electron chi connectivity index (χ4n) is 5.40. The molecule has 3 aromatic rings. The minimum absolute atomic E-state index is 0.0957. The number of nitrogens with zero attached hydrogens (tertiary/aromatic N) is 2. The lowest BCUT2D eigenvalue weighted by molar-refractivity contribution is -0.127. The van der Waals surface area contributed by atoms with Crippen LogP contribution in [0.3, 0.4) is 0 Å². The number of thiophene rings is 1. The van der Waals surface area contributed by atoms with Crippen molar-refractivity contribution in [2.45, 2.75) is 71.0 Å². The highest BCUT2D eigenvalue weighted by Gasteiger charge is 2.49. The second-order valence-corrected chi connectivity index (χ2v) is 11.1. The monoisotopic (exact) mass is 479 g/mol. The summed E-state index contributed by atoms with van der Waals surface area (Å²) >= 11 is 1.72. The van der Waals surface area contributed by atoms with E-state index in [-0.39, 0.29) is 17.9 Å². The fraction of sp³-hybridized carbons (Fsp3) is 0.481. The van der Waals surface area contributed by atoms with E-state index in [1.165, 1.54) is 4.88 Å². The van der Waals surface area contributed by atoms with E-state index in [2.05, 4.69) is 25.2 Å². The number of amides is 2. The summed E-state index contributed by atoms with van der Waals surface area (Å²) in [6, 6.07) is 11.7. The Morgan fingerprint density at radius 3 is 2.68 bits per heavy atom. The number of benzene rings is 1. The number of aryl methyl sites for hydroxylation is 1. The van der Waals surface area contributed by atoms with E-state index in [9.17, 15) is 9.59 Å². The molecular formula is C27H33N3O3S. The summed E-state index contributed by atoms with van der Waals surface area (Å²) in [5, 5.41) is 3.31. The predicted octanol–water partition coefficient (Wildman–Crippen LogP) is 5.39. The highest BCUT2D eigenvalue weighted by molar-refractivity contribution is 7.19. The van der Waals surface area contributed by atoms with Gasteiger partial charge in [-0.25, -0.2) is 0 Å². The van der Waals surface area contributed by atoms with Crippen LogP contribution in [0.25, 0.3) is 10.2 Å². The van der Waals surface area contributed by atoms with Gasteiger partial charge in [-0.05, 0) is 69.2 Å². The molecular weight excluding hydrogens is 446 g/mol. The van der Waals surface area contributed by atoms with Gasteiger partial charge in [0.1, 0.15) is 17.0 Å². The molecule has 7 heteroatoms. The maximum Gasteiger partial charge on any atom is 0.275 e. The van der Waals surface area contributed by atoms with Gasteiger partial charge in [0.15, 0.2) is 0 Å². The molecule has 34 heavy (non-hydrogen) atoms. The number of nitrogens with one attached hydrogen (secondary N) is 1. The first kappa shape index (κ1) is 23.0. The Kier molecular flexibility index (Phi) is 5.92. The van der Waals surface area contributed by atoms with Crippen molar-refractivity contribution in [1.82, 2.24) is 9.88 Å². The van der Waals surface area contributed by atoms with E-state index >= 15 is 0 Å². The summed E-state index contributed by atoms with van der Waals surface area (Å²) in [4.78, 5) is 30.9. The lowest BCUT2D eigenvalue weighted by Crippen LogP contribution is -2.65. The maximum absolute atomic E-state index is 14.0. The van der Waals surface area contributed by atoms with Gasteiger partial charge in [-0.3, -0.25) is 14.5 Å². The van der Waals surface area contributed by atoms with Gasteiger partial charge in [0.05, 0.1) is 23.9 Å². The zero-order chi connectivity index (χ0) is 24.0. The number of ether oxygens (including phenoxy) is 1. The van der Waals surface area contributed by atoms with Crippen molar-refractivity contribution in [2.24, 2.45) is 5.92 Å². The van der Waals surface area contributed by atoms with Crippen LogP contribution in [0.4, 0.5) is 5.69 Å². The third-order valence-corrected chi connectivity index (χ3v) is 8.74. The van der Waals surface area contributed by atoms with E-state index in [0.29, 0.717) is 29.6 Å². The smallest absolute Gasteiger partial charge is 0.275 e. The molecule has 1 saturated carbocycles. The third-order valence-electron chi connectivity index (χ3n) is 7.52. The van der Waals surface area contributed by atoms with Crippen LogP contribution in [0, 0.1) is 5.92 Å². The minimum Gasteiger partial charge on any atom is -0.497 e. The molecule has 0 bridgehead atoms. The lowest BCUT2D eigenvalue weighted by atomic mass is 9.86. The molecule has 1 N–H and O–H groups in total. The highest BCUT2D eigenvalue weighted by atomic mass is 32.1. The van der Waals surface area contributed by atoms with Gasteiger partial charge in [-0.1, -0.05) is 19.9 Å². The maximum atomic E-state index is 14.0. The molecule has 1 aliphatic heterocycles. The molecule has 1 atom stereocenters. The normalized spacial score (nSPS) is 24.8. The van der Waals surface area contributed by atoms with Gasteiger partial charge in [-0.2, -0.15) is 0 Å². The van der Waals surface area contributed by atoms with E-state index in [1.54, 1.807) is 23.3 Å². The summed E-state index contributed by atoms with van der Waals surface area (Å²) in [6.45, 7) is 6.71. The first-order valence-corrected chi connectivity index (χ1v) is 13.1. The number of methoxy groups -OCH3 is 1. The Bertz CT molecular complexity index is 1240. The van der Waals surface area contributed by atoms with Crippen LogP contribution in [-0.2, 0) is 17.8 Å². The Labute approximate surface area is 204 Å². The van der Waals surface area contributed by atoms with Crippen LogP contribution >= 0.6 is 11.3 Å². The Hall–Kier alpha value is -2.80. The number of fused-ring (bicyclic) bond motifs is 3. The molecule has 2 aliphatic rings. The fourth-order valence-corrected chi connectivity index (χ4v) is 6.44. The van der Waals surface area contributed by atoms with Crippen molar-refractivity contribution in [1.29, 1.82) is 0 Å². The number of hydrogen-bond donors (Lipinski definition) is 1. The zero-order valence-electron chi connectivity index (χ0n) is 20.4. The lowest BCUT2D eigenvalue weighted by Gasteiger charge is -2.45. The van der Waals surface area contributed by atoms with Crippen molar-refractivity contribution in [3.8, 4) is 5.75 Å². The first-order valence-electron chi connectivity index (χ1n) is 12.3. The van der Waals surface area contributed by atoms with Gasteiger partial charge in [0.2, 0.25) is 5.91 Å². The summed E-state index contributed by atoms with van der Waals surface area (Å²) in [6.07, 6.45) is 5.17. The quantitative estimate of drug-likeness (QED) is 0.534. The first-order chi connectivity index (χ1) is 16.3. The van der Waals surface area contributed by atoms with E-state index in [1.807, 2.05) is 41.8 Å². The van der Waals surface area contributed by atoms with Gasteiger partial charge in [0, 0.05) is 22.7 Å². The van der Waals surface area contributed by atoms with Gasteiger partial charge in [0.25, 0.3) is 5.91 Å². The minimum atomic E-state index is -1.07. The Morgan fingerprint density at radius 2 is 1.97 bits per heavy atom. The number of aromatic nitrogens is 1. The van der Waals surface area contributed by atoms with Crippen molar-refractivity contribution in [3.05, 3.63) is 47.0 Å². The second-order valence-electron chi connectivity index (χ2n) is 9.98. The Balaban J connectivity index is 1.58. The molecule has 1 aromatic carbocycles. The molecule has 6 nitrogen and oxygen atoms in total. The zero-order valence-corrected chi connectivity index (χ0v) is 21.2. The molecule has 1 aliphatic carbocycles. The molecule has 180 valence electrons. The van der Waals surface area contributed by atoms with Gasteiger partial charge >= 0.3 is 0 Å². The summed E-state index contributed by atoms with van der Waals surface area (Å²) < 4.78 is 8.57. The molecule has 2 aromatic heterocycles. The molecule has 1 fully saturated rings. The number of hydrogen-bond acceptors (Lipinski definition) is 4. The molecule has 5 rings (SSSR count). The topological polar surface area (TPSA) is 63.6 Å². The van der Waals surface area contributed by atoms with Crippen LogP contribution in [0.5, 0.6) is 5.75 Å². The highest BCUT2D eigenvalue weighted by Crippen LogP contribution is 2.39. The van der Waals surface area contributed by atoms with E-state index < -0.39 is 5.54 Å². The second kappa shape index (κ2) is 8.77. The number of carbonyl (C=O) groups excluding carboxylic acids is 2. The predicted molar refractivity (Wildman–Crippen MR) is 137 cm³/mol. The summed E-state index contributed by atoms with van der Waals surface area (Å²) in [5.41, 5.74) is 1.27. The number of carbonyl (C=O) groups is 2. The third kappa shape index (κ3) is 3.80. The molecule has 0 unspecified atom stereocenters. The Morgan fingerprint density at radius 1 is 1.21 bits per heavy atom. The summed E-state index contributed by atoms with van der Waals surface area (Å²) in [5.74, 6) is 1.11. The van der Waals surface area contributed by atoms with Crippen molar-refractivity contribution >= 4 is 39.1 Å². The van der Waals surface area contributed by atoms with Gasteiger partial charge < -0.3 is 14.6 Å². The SMILES string of the molecule is CCc1cc2c(cc3n2C[C@](C)(C(=O)NC2CCC(C)CC2)N(c2cccc(OC)c2)C3=O)s1. The average molecular weight is 480 g/mol. The van der Waals surface area contributed by atoms with Gasteiger partial charge in [-0.15, -0.1) is 11.3 Å². The molecule has 3 heterocycles. The average Bonchev–Trinajstić information content (AvgIpc) is 3.39. The van der Waals surface area contributed by atoms with Crippen LogP contribution < -0.4 is 15.0 Å². The van der Waals surface area contributed by atoms with Crippen LogP contribution in [-0.4, -0.2) is 35.1 Å². The molecule has 2 amide bonds. The van der Waals surface area contributed by atoms with Crippen LogP contribution in [0.15, 0.2) is 36.4 Å². The van der Waals surface area contributed by atoms with Crippen LogP contribution in [0.2, 0.25) is 0 Å². The van der Waals surface area contributed by atoms with Crippen molar-refractivity contribution in [2.75, 3.05) is 12.0 Å².